The molecule has 2 aliphatic carbocycles. The van der Waals surface area contributed by atoms with Crippen molar-refractivity contribution in [1.82, 2.24) is 0 Å². The molecule has 0 aromatic heterocycles. The van der Waals surface area contributed by atoms with E-state index < -0.39 is 11.9 Å². The van der Waals surface area contributed by atoms with Crippen molar-refractivity contribution in [3.05, 3.63) is 53.6 Å². The predicted octanol–water partition coefficient (Wildman–Crippen LogP) is 4.05. The molecule has 4 fully saturated rings. The SMILES string of the molecule is CCc1ccccc1N1C[C@H](C(=O)Oc2ccc(N3C(=O)[C@H]4[C@H]5CC[C@@H](C5)[C@@H]4C3=O)c(C)c2)CC1=O. The van der Waals surface area contributed by atoms with Crippen LogP contribution in [0.25, 0.3) is 0 Å². The molecule has 2 aliphatic heterocycles. The number of benzene rings is 2. The summed E-state index contributed by atoms with van der Waals surface area (Å²) in [5.74, 6) is -0.590. The fraction of sp³-hybridized carbons (Fsp3) is 0.448. The molecule has 4 aliphatic rings. The van der Waals surface area contributed by atoms with Crippen LogP contribution in [0.1, 0.15) is 43.7 Å². The van der Waals surface area contributed by atoms with Crippen LogP contribution < -0.4 is 14.5 Å². The summed E-state index contributed by atoms with van der Waals surface area (Å²) in [5, 5.41) is 0. The zero-order chi connectivity index (χ0) is 25.1. The van der Waals surface area contributed by atoms with Crippen LogP contribution in [0.2, 0.25) is 0 Å². The van der Waals surface area contributed by atoms with E-state index in [1.165, 1.54) is 4.90 Å². The first-order chi connectivity index (χ1) is 17.4. The topological polar surface area (TPSA) is 84.0 Å². The first kappa shape index (κ1) is 23.0. The monoisotopic (exact) mass is 486 g/mol. The first-order valence-electron chi connectivity index (χ1n) is 13.0. The smallest absolute Gasteiger partial charge is 0.316 e. The van der Waals surface area contributed by atoms with Gasteiger partial charge in [0.2, 0.25) is 17.7 Å². The number of imide groups is 1. The van der Waals surface area contributed by atoms with Gasteiger partial charge >= 0.3 is 5.97 Å². The van der Waals surface area contributed by atoms with E-state index in [1.807, 2.05) is 38.1 Å². The third-order valence-electron chi connectivity index (χ3n) is 8.68. The summed E-state index contributed by atoms with van der Waals surface area (Å²) in [7, 11) is 0. The molecule has 2 bridgehead atoms. The lowest BCUT2D eigenvalue weighted by atomic mass is 9.81. The number of nitrogens with zero attached hydrogens (tertiary/aromatic N) is 2. The fourth-order valence-corrected chi connectivity index (χ4v) is 6.96. The number of ether oxygens (including phenoxy) is 1. The minimum Gasteiger partial charge on any atom is -0.426 e. The maximum Gasteiger partial charge on any atom is 0.316 e. The number of carbonyl (C=O) groups is 4. The van der Waals surface area contributed by atoms with Gasteiger partial charge in [-0.1, -0.05) is 25.1 Å². The third kappa shape index (κ3) is 3.47. The molecule has 2 heterocycles. The van der Waals surface area contributed by atoms with E-state index in [1.54, 1.807) is 23.1 Å². The maximum atomic E-state index is 13.2. The summed E-state index contributed by atoms with van der Waals surface area (Å²) in [6, 6.07) is 12.8. The Labute approximate surface area is 210 Å². The zero-order valence-corrected chi connectivity index (χ0v) is 20.6. The number of anilines is 2. The van der Waals surface area contributed by atoms with E-state index in [9.17, 15) is 19.2 Å². The number of hydrogen-bond acceptors (Lipinski definition) is 5. The molecular formula is C29H30N2O5. The number of esters is 1. The van der Waals surface area contributed by atoms with Gasteiger partial charge < -0.3 is 9.64 Å². The Morgan fingerprint density at radius 2 is 1.67 bits per heavy atom. The van der Waals surface area contributed by atoms with Gasteiger partial charge in [-0.25, -0.2) is 4.90 Å². The van der Waals surface area contributed by atoms with Crippen LogP contribution >= 0.6 is 0 Å². The molecule has 0 unspecified atom stereocenters. The molecule has 6 rings (SSSR count). The van der Waals surface area contributed by atoms with Gasteiger partial charge in [0.15, 0.2) is 0 Å². The molecule has 7 heteroatoms. The summed E-state index contributed by atoms with van der Waals surface area (Å²) in [5.41, 5.74) is 3.18. The Hall–Kier alpha value is -3.48. The third-order valence-corrected chi connectivity index (χ3v) is 8.68. The molecule has 186 valence electrons. The molecule has 0 N–H and O–H groups in total. The molecule has 2 aromatic carbocycles. The Bertz CT molecular complexity index is 1260. The average Bonchev–Trinajstić information content (AvgIpc) is 3.63. The normalized spacial score (nSPS) is 28.8. The number of aryl methyl sites for hydroxylation is 2. The Morgan fingerprint density at radius 1 is 0.972 bits per heavy atom. The minimum absolute atomic E-state index is 0.0815. The predicted molar refractivity (Wildman–Crippen MR) is 133 cm³/mol. The lowest BCUT2D eigenvalue weighted by Gasteiger charge is -2.20. The highest BCUT2D eigenvalue weighted by Gasteiger charge is 2.61. The van der Waals surface area contributed by atoms with Gasteiger partial charge in [-0.15, -0.1) is 0 Å². The van der Waals surface area contributed by atoms with Crippen molar-refractivity contribution < 1.29 is 23.9 Å². The number of para-hydroxylation sites is 1. The average molecular weight is 487 g/mol. The largest absolute Gasteiger partial charge is 0.426 e. The molecular weight excluding hydrogens is 456 g/mol. The quantitative estimate of drug-likeness (QED) is 0.362. The molecule has 2 saturated carbocycles. The van der Waals surface area contributed by atoms with Gasteiger partial charge in [-0.3, -0.25) is 19.2 Å². The van der Waals surface area contributed by atoms with Crippen molar-refractivity contribution in [2.24, 2.45) is 29.6 Å². The molecule has 2 aromatic rings. The van der Waals surface area contributed by atoms with Gasteiger partial charge in [-0.2, -0.15) is 0 Å². The first-order valence-corrected chi connectivity index (χ1v) is 13.0. The second-order valence-corrected chi connectivity index (χ2v) is 10.7. The van der Waals surface area contributed by atoms with Gasteiger partial charge in [-0.05, 0) is 79.8 Å². The highest BCUT2D eigenvalue weighted by atomic mass is 16.5. The molecule has 5 atom stereocenters. The van der Waals surface area contributed by atoms with Gasteiger partial charge in [0, 0.05) is 18.7 Å². The highest BCUT2D eigenvalue weighted by molar-refractivity contribution is 6.23. The molecule has 36 heavy (non-hydrogen) atoms. The van der Waals surface area contributed by atoms with Crippen LogP contribution in [-0.2, 0) is 25.6 Å². The summed E-state index contributed by atoms with van der Waals surface area (Å²) >= 11 is 0. The molecule has 3 amide bonds. The second kappa shape index (κ2) is 8.57. The standard InChI is InChI=1S/C29H30N2O5/c1-3-17-6-4-5-7-23(17)30-15-20(14-24(30)32)29(35)36-21-10-11-22(16(2)12-21)31-27(33)25-18-8-9-19(13-18)26(25)28(31)34/h4-7,10-12,18-20,25-26H,3,8-9,13-15H2,1-2H3/t18-,19-,20+,25-,26-/m0/s1. The van der Waals surface area contributed by atoms with Crippen molar-refractivity contribution in [3.8, 4) is 5.75 Å². The van der Waals surface area contributed by atoms with Crippen LogP contribution in [-0.4, -0.2) is 30.2 Å². The fourth-order valence-electron chi connectivity index (χ4n) is 6.96. The summed E-state index contributed by atoms with van der Waals surface area (Å²) < 4.78 is 5.65. The molecule has 2 saturated heterocycles. The van der Waals surface area contributed by atoms with Crippen molar-refractivity contribution >= 4 is 35.1 Å². The minimum atomic E-state index is -0.556. The van der Waals surface area contributed by atoms with Crippen molar-refractivity contribution in [1.29, 1.82) is 0 Å². The van der Waals surface area contributed by atoms with Crippen LogP contribution in [0.5, 0.6) is 5.75 Å². The van der Waals surface area contributed by atoms with Crippen molar-refractivity contribution in [2.75, 3.05) is 16.3 Å². The number of amides is 3. The lowest BCUT2D eigenvalue weighted by Crippen LogP contribution is -2.33. The zero-order valence-electron chi connectivity index (χ0n) is 20.6. The second-order valence-electron chi connectivity index (χ2n) is 10.7. The number of rotatable bonds is 5. The van der Waals surface area contributed by atoms with Crippen LogP contribution in [0.3, 0.4) is 0 Å². The van der Waals surface area contributed by atoms with Gasteiger partial charge in [0.1, 0.15) is 5.75 Å². The van der Waals surface area contributed by atoms with E-state index in [0.717, 1.165) is 36.9 Å². The lowest BCUT2D eigenvalue weighted by molar-refractivity contribution is -0.139. The van der Waals surface area contributed by atoms with Crippen LogP contribution in [0.4, 0.5) is 11.4 Å². The number of fused-ring (bicyclic) bond motifs is 5. The summed E-state index contributed by atoms with van der Waals surface area (Å²) in [6.07, 6.45) is 3.98. The Kier molecular flexibility index (Phi) is 5.47. The number of carbonyl (C=O) groups excluding carboxylic acids is 4. The van der Waals surface area contributed by atoms with E-state index in [2.05, 4.69) is 0 Å². The van der Waals surface area contributed by atoms with Crippen molar-refractivity contribution in [3.63, 3.8) is 0 Å². The van der Waals surface area contributed by atoms with E-state index in [-0.39, 0.29) is 42.5 Å². The molecule has 0 spiro atoms. The Balaban J connectivity index is 1.16. The molecule has 0 radical (unpaired) electrons. The van der Waals surface area contributed by atoms with E-state index in [0.29, 0.717) is 28.8 Å². The van der Waals surface area contributed by atoms with Gasteiger partial charge in [0.05, 0.1) is 23.4 Å². The van der Waals surface area contributed by atoms with Crippen LogP contribution in [0, 0.1) is 36.5 Å². The molecule has 7 nitrogen and oxygen atoms in total. The van der Waals surface area contributed by atoms with Crippen molar-refractivity contribution in [2.45, 2.75) is 46.0 Å². The highest BCUT2D eigenvalue weighted by Crippen LogP contribution is 2.56. The number of hydrogen-bond donors (Lipinski definition) is 0. The van der Waals surface area contributed by atoms with Crippen LogP contribution in [0.15, 0.2) is 42.5 Å². The van der Waals surface area contributed by atoms with E-state index >= 15 is 0 Å². The summed E-state index contributed by atoms with van der Waals surface area (Å²) in [6.45, 7) is 4.14. The van der Waals surface area contributed by atoms with Gasteiger partial charge in [0.25, 0.3) is 0 Å². The van der Waals surface area contributed by atoms with E-state index in [4.69, 9.17) is 4.74 Å². The summed E-state index contributed by atoms with van der Waals surface area (Å²) in [4.78, 5) is 55.0. The Morgan fingerprint density at radius 3 is 2.33 bits per heavy atom. The maximum absolute atomic E-state index is 13.2.